The maximum atomic E-state index is 12.6. The lowest BCUT2D eigenvalue weighted by Gasteiger charge is -2.30. The van der Waals surface area contributed by atoms with E-state index in [0.29, 0.717) is 19.4 Å². The molecule has 0 aromatic rings. The van der Waals surface area contributed by atoms with Gasteiger partial charge in [-0.3, -0.25) is 19.2 Å². The van der Waals surface area contributed by atoms with Crippen molar-refractivity contribution in [1.82, 2.24) is 15.5 Å². The van der Waals surface area contributed by atoms with Gasteiger partial charge >= 0.3 is 5.97 Å². The summed E-state index contributed by atoms with van der Waals surface area (Å²) >= 11 is 0. The molecule has 0 radical (unpaired) electrons. The molecule has 3 amide bonds. The summed E-state index contributed by atoms with van der Waals surface area (Å²) in [5.41, 5.74) is 6.00. The SMILES string of the molecule is CCC(C)C(N)C(=O)N1CCCC1C(=O)NC(C(=O)NCC(=O)O)C(C)O. The Morgan fingerprint density at radius 2 is 1.89 bits per heavy atom. The summed E-state index contributed by atoms with van der Waals surface area (Å²) in [6.07, 6.45) is 0.539. The van der Waals surface area contributed by atoms with Crippen LogP contribution in [0.15, 0.2) is 0 Å². The molecule has 0 spiro atoms. The highest BCUT2D eigenvalue weighted by atomic mass is 16.4. The number of rotatable bonds is 9. The first kappa shape index (κ1) is 22.8. The fourth-order valence-corrected chi connectivity index (χ4v) is 2.92. The van der Waals surface area contributed by atoms with Crippen LogP contribution in [-0.2, 0) is 19.2 Å². The maximum absolute atomic E-state index is 12.6. The summed E-state index contributed by atoms with van der Waals surface area (Å²) < 4.78 is 0. The fourth-order valence-electron chi connectivity index (χ4n) is 2.92. The van der Waals surface area contributed by atoms with Crippen LogP contribution in [0.2, 0.25) is 0 Å². The van der Waals surface area contributed by atoms with E-state index in [1.54, 1.807) is 0 Å². The molecule has 27 heavy (non-hydrogen) atoms. The van der Waals surface area contributed by atoms with Gasteiger partial charge in [0.05, 0.1) is 12.1 Å². The van der Waals surface area contributed by atoms with Crippen LogP contribution in [0.5, 0.6) is 0 Å². The molecule has 1 rings (SSSR count). The van der Waals surface area contributed by atoms with Crippen molar-refractivity contribution in [3.05, 3.63) is 0 Å². The standard InChI is InChI=1S/C17H30N4O6/c1-4-9(2)13(18)17(27)21-7-5-6-11(21)15(25)20-14(10(3)22)16(26)19-8-12(23)24/h9-11,13-14,22H,4-8,18H2,1-3H3,(H,19,26)(H,20,25)(H,23,24). The molecule has 1 fully saturated rings. The average molecular weight is 386 g/mol. The number of aliphatic carboxylic acids is 1. The van der Waals surface area contributed by atoms with E-state index in [2.05, 4.69) is 10.6 Å². The van der Waals surface area contributed by atoms with Crippen LogP contribution in [0.3, 0.4) is 0 Å². The van der Waals surface area contributed by atoms with Crippen LogP contribution in [0.25, 0.3) is 0 Å². The molecule has 5 atom stereocenters. The van der Waals surface area contributed by atoms with Crippen LogP contribution in [-0.4, -0.2) is 76.1 Å². The molecule has 1 saturated heterocycles. The van der Waals surface area contributed by atoms with Gasteiger partial charge in [-0.1, -0.05) is 20.3 Å². The van der Waals surface area contributed by atoms with Gasteiger partial charge in [0, 0.05) is 6.54 Å². The number of carbonyl (C=O) groups is 4. The number of hydrogen-bond donors (Lipinski definition) is 5. The number of hydrogen-bond acceptors (Lipinski definition) is 6. The van der Waals surface area contributed by atoms with Gasteiger partial charge in [-0.05, 0) is 25.7 Å². The third-order valence-electron chi connectivity index (χ3n) is 4.86. The predicted molar refractivity (Wildman–Crippen MR) is 96.4 cm³/mol. The second kappa shape index (κ2) is 10.2. The number of amides is 3. The largest absolute Gasteiger partial charge is 0.480 e. The highest BCUT2D eigenvalue weighted by molar-refractivity contribution is 5.94. The first-order valence-electron chi connectivity index (χ1n) is 9.14. The number of carboxylic acids is 1. The normalized spacial score (nSPS) is 21.1. The quantitative estimate of drug-likeness (QED) is 0.319. The second-order valence-corrected chi connectivity index (χ2v) is 6.94. The average Bonchev–Trinajstić information content (AvgIpc) is 3.11. The van der Waals surface area contributed by atoms with Crippen molar-refractivity contribution >= 4 is 23.7 Å². The third-order valence-corrected chi connectivity index (χ3v) is 4.86. The van der Waals surface area contributed by atoms with Gasteiger partial charge in [0.1, 0.15) is 18.6 Å². The number of carbonyl (C=O) groups excluding carboxylic acids is 3. The summed E-state index contributed by atoms with van der Waals surface area (Å²) in [6.45, 7) is 4.86. The van der Waals surface area contributed by atoms with Crippen molar-refractivity contribution < 1.29 is 29.4 Å². The van der Waals surface area contributed by atoms with Gasteiger partial charge in [-0.15, -0.1) is 0 Å². The van der Waals surface area contributed by atoms with Crippen molar-refractivity contribution in [2.75, 3.05) is 13.1 Å². The Labute approximate surface area is 158 Å². The minimum absolute atomic E-state index is 0.0335. The summed E-state index contributed by atoms with van der Waals surface area (Å²) in [7, 11) is 0. The number of aliphatic hydroxyl groups excluding tert-OH is 1. The van der Waals surface area contributed by atoms with Crippen LogP contribution in [0, 0.1) is 5.92 Å². The molecule has 1 aliphatic heterocycles. The van der Waals surface area contributed by atoms with E-state index in [1.165, 1.54) is 11.8 Å². The van der Waals surface area contributed by atoms with Gasteiger partial charge in [0.25, 0.3) is 0 Å². The van der Waals surface area contributed by atoms with Gasteiger partial charge < -0.3 is 31.5 Å². The third kappa shape index (κ3) is 6.17. The Kier molecular flexibility index (Phi) is 8.64. The number of carboxylic acid groups (broad SMARTS) is 1. The topological polar surface area (TPSA) is 162 Å². The molecule has 0 saturated carbocycles. The summed E-state index contributed by atoms with van der Waals surface area (Å²) in [6, 6.07) is -2.81. The monoisotopic (exact) mass is 386 g/mol. The smallest absolute Gasteiger partial charge is 0.322 e. The lowest BCUT2D eigenvalue weighted by atomic mass is 9.98. The molecule has 1 aliphatic rings. The molecule has 0 aliphatic carbocycles. The van der Waals surface area contributed by atoms with Crippen LogP contribution < -0.4 is 16.4 Å². The number of likely N-dealkylation sites (tertiary alicyclic amines) is 1. The van der Waals surface area contributed by atoms with Gasteiger partial charge in [-0.2, -0.15) is 0 Å². The molecule has 10 heteroatoms. The van der Waals surface area contributed by atoms with Crippen LogP contribution in [0.1, 0.15) is 40.0 Å². The molecule has 0 aromatic carbocycles. The summed E-state index contributed by atoms with van der Waals surface area (Å²) in [4.78, 5) is 49.3. The second-order valence-electron chi connectivity index (χ2n) is 6.94. The van der Waals surface area contributed by atoms with Crippen LogP contribution >= 0.6 is 0 Å². The highest BCUT2D eigenvalue weighted by Gasteiger charge is 2.39. The lowest BCUT2D eigenvalue weighted by molar-refractivity contribution is -0.142. The minimum atomic E-state index is -1.32. The van der Waals surface area contributed by atoms with Crippen molar-refractivity contribution in [3.8, 4) is 0 Å². The van der Waals surface area contributed by atoms with Gasteiger partial charge in [-0.25, -0.2) is 0 Å². The Morgan fingerprint density at radius 1 is 1.26 bits per heavy atom. The van der Waals surface area contributed by atoms with E-state index in [-0.39, 0.29) is 11.8 Å². The number of nitrogens with two attached hydrogens (primary N) is 1. The van der Waals surface area contributed by atoms with E-state index in [4.69, 9.17) is 10.8 Å². The van der Waals surface area contributed by atoms with E-state index in [9.17, 15) is 24.3 Å². The Hall–Kier alpha value is -2.20. The zero-order chi connectivity index (χ0) is 20.7. The Balaban J connectivity index is 2.81. The first-order valence-corrected chi connectivity index (χ1v) is 9.14. The van der Waals surface area contributed by atoms with E-state index in [1.807, 2.05) is 13.8 Å². The highest BCUT2D eigenvalue weighted by Crippen LogP contribution is 2.20. The number of nitrogens with zero attached hydrogens (tertiary/aromatic N) is 1. The number of aliphatic hydroxyl groups is 1. The molecule has 6 N–H and O–H groups in total. The molecule has 1 heterocycles. The lowest BCUT2D eigenvalue weighted by Crippen LogP contribution is -2.58. The Morgan fingerprint density at radius 3 is 2.41 bits per heavy atom. The molecule has 154 valence electrons. The summed E-state index contributed by atoms with van der Waals surface area (Å²) in [5.74, 6) is -2.98. The van der Waals surface area contributed by atoms with Crippen molar-refractivity contribution in [3.63, 3.8) is 0 Å². The molecule has 5 unspecified atom stereocenters. The van der Waals surface area contributed by atoms with Crippen LogP contribution in [0.4, 0.5) is 0 Å². The maximum Gasteiger partial charge on any atom is 0.322 e. The Bertz CT molecular complexity index is 568. The van der Waals surface area contributed by atoms with Crippen molar-refractivity contribution in [2.45, 2.75) is 64.3 Å². The summed E-state index contributed by atoms with van der Waals surface area (Å²) in [5, 5.41) is 23.0. The van der Waals surface area contributed by atoms with Gasteiger partial charge in [0.2, 0.25) is 17.7 Å². The molecular formula is C17H30N4O6. The fraction of sp³-hybridized carbons (Fsp3) is 0.765. The molecule has 0 bridgehead atoms. The zero-order valence-corrected chi connectivity index (χ0v) is 16.0. The van der Waals surface area contributed by atoms with E-state index < -0.39 is 48.6 Å². The van der Waals surface area contributed by atoms with E-state index in [0.717, 1.165) is 6.42 Å². The number of nitrogens with one attached hydrogen (secondary N) is 2. The first-order chi connectivity index (χ1) is 12.6. The molecule has 10 nitrogen and oxygen atoms in total. The molecular weight excluding hydrogens is 356 g/mol. The minimum Gasteiger partial charge on any atom is -0.480 e. The predicted octanol–water partition coefficient (Wildman–Crippen LogP) is -1.58. The zero-order valence-electron chi connectivity index (χ0n) is 16.0. The molecule has 0 aromatic heterocycles. The van der Waals surface area contributed by atoms with Gasteiger partial charge in [0.15, 0.2) is 0 Å². The van der Waals surface area contributed by atoms with Crippen molar-refractivity contribution in [1.29, 1.82) is 0 Å². The van der Waals surface area contributed by atoms with E-state index >= 15 is 0 Å². The van der Waals surface area contributed by atoms with Crippen molar-refractivity contribution in [2.24, 2.45) is 11.7 Å².